The number of nitrogens with zero attached hydrogens (tertiary/aromatic N) is 1. The van der Waals surface area contributed by atoms with Crippen LogP contribution in [0.4, 0.5) is 14.9 Å². The Hall–Kier alpha value is -3.58. The van der Waals surface area contributed by atoms with Gasteiger partial charge in [0.15, 0.2) is 11.5 Å². The summed E-state index contributed by atoms with van der Waals surface area (Å²) in [5.74, 6) is 0.371. The van der Waals surface area contributed by atoms with E-state index in [2.05, 4.69) is 15.8 Å². The molecule has 3 rings (SSSR count). The second-order valence-electron chi connectivity index (χ2n) is 6.59. The van der Waals surface area contributed by atoms with Crippen molar-refractivity contribution in [3.63, 3.8) is 0 Å². The zero-order chi connectivity index (χ0) is 22.2. The van der Waals surface area contributed by atoms with E-state index < -0.39 is 6.03 Å². The predicted molar refractivity (Wildman–Crippen MR) is 120 cm³/mol. The second-order valence-corrected chi connectivity index (χ2v) is 7.00. The van der Waals surface area contributed by atoms with Crippen LogP contribution in [0.5, 0.6) is 11.5 Å². The lowest BCUT2D eigenvalue weighted by atomic mass is 10.2. The number of carbonyl (C=O) groups excluding carboxylic acids is 1. The van der Waals surface area contributed by atoms with Gasteiger partial charge in [0.05, 0.1) is 18.3 Å². The number of nitrogens with one attached hydrogen (secondary N) is 2. The highest BCUT2D eigenvalue weighted by molar-refractivity contribution is 6.32. The Morgan fingerprint density at radius 2 is 1.97 bits per heavy atom. The summed E-state index contributed by atoms with van der Waals surface area (Å²) in [4.78, 5) is 12.0. The van der Waals surface area contributed by atoms with E-state index in [1.165, 1.54) is 25.5 Å². The van der Waals surface area contributed by atoms with Crippen molar-refractivity contribution in [1.29, 1.82) is 0 Å². The molecule has 3 aromatic rings. The van der Waals surface area contributed by atoms with E-state index in [1.807, 2.05) is 25.1 Å². The van der Waals surface area contributed by atoms with E-state index in [0.717, 1.165) is 5.56 Å². The lowest BCUT2D eigenvalue weighted by Crippen LogP contribution is -2.24. The first-order valence-electron chi connectivity index (χ1n) is 9.36. The Labute approximate surface area is 184 Å². The number of para-hydroxylation sites is 1. The summed E-state index contributed by atoms with van der Waals surface area (Å²) in [7, 11) is 1.48. The van der Waals surface area contributed by atoms with Crippen LogP contribution in [0.15, 0.2) is 65.8 Å². The molecule has 0 aliphatic carbocycles. The molecule has 3 aromatic carbocycles. The van der Waals surface area contributed by atoms with Crippen LogP contribution in [0, 0.1) is 12.7 Å². The minimum atomic E-state index is -0.473. The van der Waals surface area contributed by atoms with Crippen molar-refractivity contribution in [2.45, 2.75) is 13.5 Å². The predicted octanol–water partition coefficient (Wildman–Crippen LogP) is 5.53. The Bertz CT molecular complexity index is 1110. The minimum Gasteiger partial charge on any atom is -0.493 e. The summed E-state index contributed by atoms with van der Waals surface area (Å²) >= 11 is 6.34. The van der Waals surface area contributed by atoms with Gasteiger partial charge in [0.2, 0.25) is 0 Å². The molecule has 2 amide bonds. The highest BCUT2D eigenvalue weighted by Crippen LogP contribution is 2.36. The van der Waals surface area contributed by atoms with Crippen LogP contribution < -0.4 is 20.2 Å². The third-order valence-corrected chi connectivity index (χ3v) is 4.58. The van der Waals surface area contributed by atoms with Gasteiger partial charge in [0.25, 0.3) is 0 Å². The molecule has 0 aromatic heterocycles. The van der Waals surface area contributed by atoms with Crippen molar-refractivity contribution in [3.05, 3.63) is 88.2 Å². The Morgan fingerprint density at radius 1 is 1.16 bits per heavy atom. The molecule has 160 valence electrons. The fourth-order valence-corrected chi connectivity index (χ4v) is 3.04. The highest BCUT2D eigenvalue weighted by atomic mass is 35.5. The normalized spacial score (nSPS) is 10.7. The molecule has 0 heterocycles. The van der Waals surface area contributed by atoms with Crippen LogP contribution in [-0.2, 0) is 6.61 Å². The largest absolute Gasteiger partial charge is 0.493 e. The third-order valence-electron chi connectivity index (χ3n) is 4.30. The molecule has 0 spiro atoms. The van der Waals surface area contributed by atoms with Crippen LogP contribution in [-0.4, -0.2) is 19.4 Å². The molecule has 0 bridgehead atoms. The summed E-state index contributed by atoms with van der Waals surface area (Å²) < 4.78 is 24.4. The molecule has 0 radical (unpaired) electrons. The molecule has 0 fully saturated rings. The first kappa shape index (κ1) is 22.1. The molecule has 31 heavy (non-hydrogen) atoms. The van der Waals surface area contributed by atoms with Gasteiger partial charge in [0, 0.05) is 5.69 Å². The number of ether oxygens (including phenoxy) is 2. The van der Waals surface area contributed by atoms with E-state index in [9.17, 15) is 9.18 Å². The Morgan fingerprint density at radius 3 is 2.71 bits per heavy atom. The number of urea groups is 1. The Balaban J connectivity index is 1.64. The van der Waals surface area contributed by atoms with Gasteiger partial charge in [-0.25, -0.2) is 14.6 Å². The SMILES string of the molecule is COc1cc(C=NNC(=O)Nc2ccccc2C)cc(Cl)c1OCc1cccc(F)c1. The van der Waals surface area contributed by atoms with Gasteiger partial charge in [-0.2, -0.15) is 5.10 Å². The summed E-state index contributed by atoms with van der Waals surface area (Å²) in [5.41, 5.74) is 5.28. The van der Waals surface area contributed by atoms with Crippen molar-refractivity contribution in [3.8, 4) is 11.5 Å². The number of benzene rings is 3. The number of amides is 2. The first-order valence-corrected chi connectivity index (χ1v) is 9.74. The molecule has 8 heteroatoms. The van der Waals surface area contributed by atoms with E-state index in [-0.39, 0.29) is 12.4 Å². The van der Waals surface area contributed by atoms with Gasteiger partial charge in [0.1, 0.15) is 12.4 Å². The molecule has 6 nitrogen and oxygen atoms in total. The van der Waals surface area contributed by atoms with Gasteiger partial charge in [-0.1, -0.05) is 41.9 Å². The van der Waals surface area contributed by atoms with E-state index in [1.54, 1.807) is 30.3 Å². The molecular formula is C23H21ClFN3O3. The van der Waals surface area contributed by atoms with Crippen LogP contribution in [0.2, 0.25) is 5.02 Å². The standard InChI is InChI=1S/C23H21ClFN3O3/c1-15-6-3-4-9-20(15)27-23(29)28-26-13-17-11-19(24)22(21(12-17)30-2)31-14-16-7-5-8-18(25)10-16/h3-13H,14H2,1-2H3,(H2,27,28,29). The molecular weight excluding hydrogens is 421 g/mol. The minimum absolute atomic E-state index is 0.127. The number of hydrogen-bond acceptors (Lipinski definition) is 4. The van der Waals surface area contributed by atoms with Crippen molar-refractivity contribution < 1.29 is 18.7 Å². The maximum absolute atomic E-state index is 13.3. The van der Waals surface area contributed by atoms with Crippen molar-refractivity contribution in [2.24, 2.45) is 5.10 Å². The van der Waals surface area contributed by atoms with Gasteiger partial charge in [-0.3, -0.25) is 0 Å². The van der Waals surface area contributed by atoms with Crippen LogP contribution in [0.1, 0.15) is 16.7 Å². The fourth-order valence-electron chi connectivity index (χ4n) is 2.77. The van der Waals surface area contributed by atoms with Gasteiger partial charge >= 0.3 is 6.03 Å². The summed E-state index contributed by atoms with van der Waals surface area (Å²) in [6.07, 6.45) is 1.43. The molecule has 0 unspecified atom stereocenters. The molecule has 0 saturated carbocycles. The monoisotopic (exact) mass is 441 g/mol. The van der Waals surface area contributed by atoms with Crippen molar-refractivity contribution >= 4 is 29.5 Å². The van der Waals surface area contributed by atoms with Crippen LogP contribution in [0.3, 0.4) is 0 Å². The first-order chi connectivity index (χ1) is 15.0. The maximum atomic E-state index is 13.3. The smallest absolute Gasteiger partial charge is 0.339 e. The summed E-state index contributed by atoms with van der Waals surface area (Å²) in [6, 6.07) is 16.3. The van der Waals surface area contributed by atoms with Gasteiger partial charge in [-0.15, -0.1) is 0 Å². The van der Waals surface area contributed by atoms with Crippen molar-refractivity contribution in [1.82, 2.24) is 5.43 Å². The third kappa shape index (κ3) is 6.20. The fraction of sp³-hybridized carbons (Fsp3) is 0.130. The van der Waals surface area contributed by atoms with Crippen LogP contribution in [0.25, 0.3) is 0 Å². The molecule has 0 atom stereocenters. The van der Waals surface area contributed by atoms with Gasteiger partial charge < -0.3 is 14.8 Å². The summed E-state index contributed by atoms with van der Waals surface area (Å²) in [6.45, 7) is 2.02. The maximum Gasteiger partial charge on any atom is 0.339 e. The molecule has 2 N–H and O–H groups in total. The number of hydrazone groups is 1. The van der Waals surface area contributed by atoms with Crippen molar-refractivity contribution in [2.75, 3.05) is 12.4 Å². The van der Waals surface area contributed by atoms with Gasteiger partial charge in [-0.05, 0) is 53.9 Å². The zero-order valence-corrected chi connectivity index (χ0v) is 17.7. The quantitative estimate of drug-likeness (QED) is 0.374. The topological polar surface area (TPSA) is 72.0 Å². The number of methoxy groups -OCH3 is 1. The zero-order valence-electron chi connectivity index (χ0n) is 17.0. The number of aryl methyl sites for hydroxylation is 1. The lowest BCUT2D eigenvalue weighted by molar-refractivity contribution is 0.252. The average molecular weight is 442 g/mol. The molecule has 0 saturated heterocycles. The molecule has 0 aliphatic rings. The van der Waals surface area contributed by atoms with E-state index in [4.69, 9.17) is 21.1 Å². The number of halogens is 2. The number of anilines is 1. The van der Waals surface area contributed by atoms with E-state index in [0.29, 0.717) is 33.3 Å². The molecule has 0 aliphatic heterocycles. The summed E-state index contributed by atoms with van der Waals surface area (Å²) in [5, 5.41) is 6.94. The van der Waals surface area contributed by atoms with E-state index >= 15 is 0 Å². The number of carbonyl (C=O) groups is 1. The number of hydrogen-bond donors (Lipinski definition) is 2. The lowest BCUT2D eigenvalue weighted by Gasteiger charge is -2.13. The second kappa shape index (κ2) is 10.4. The van der Waals surface area contributed by atoms with Crippen LogP contribution >= 0.6 is 11.6 Å². The number of rotatable bonds is 7. The highest BCUT2D eigenvalue weighted by Gasteiger charge is 2.12. The Kier molecular flexibility index (Phi) is 7.45. The average Bonchev–Trinajstić information content (AvgIpc) is 2.74.